The third-order valence-corrected chi connectivity index (χ3v) is 4.18. The molecule has 2 aromatic rings. The Bertz CT molecular complexity index is 674. The van der Waals surface area contributed by atoms with Gasteiger partial charge in [0.1, 0.15) is 0 Å². The highest BCUT2D eigenvalue weighted by Crippen LogP contribution is 2.22. The quantitative estimate of drug-likeness (QED) is 0.934. The van der Waals surface area contributed by atoms with Gasteiger partial charge >= 0.3 is 0 Å². The van der Waals surface area contributed by atoms with Crippen molar-refractivity contribution in [2.75, 3.05) is 0 Å². The second-order valence-electron chi connectivity index (χ2n) is 5.70. The largest absolute Gasteiger partial charge is 0.320 e. The summed E-state index contributed by atoms with van der Waals surface area (Å²) in [6, 6.07) is 11.7. The molecule has 0 fully saturated rings. The van der Waals surface area contributed by atoms with E-state index in [1.54, 1.807) is 0 Å². The van der Waals surface area contributed by atoms with Crippen molar-refractivity contribution >= 4 is 0 Å². The van der Waals surface area contributed by atoms with Crippen LogP contribution in [-0.4, -0.2) is 4.57 Å². The van der Waals surface area contributed by atoms with Crippen LogP contribution >= 0.6 is 0 Å². The average Bonchev–Trinajstić information content (AvgIpc) is 2.47. The van der Waals surface area contributed by atoms with E-state index in [4.69, 9.17) is 5.73 Å². The van der Waals surface area contributed by atoms with Crippen molar-refractivity contribution in [2.24, 2.45) is 5.73 Å². The van der Waals surface area contributed by atoms with Crippen molar-refractivity contribution in [3.05, 3.63) is 69.1 Å². The summed E-state index contributed by atoms with van der Waals surface area (Å²) >= 11 is 0. The molecule has 0 spiro atoms. The Morgan fingerprint density at radius 2 is 1.81 bits per heavy atom. The van der Waals surface area contributed by atoms with Gasteiger partial charge in [0, 0.05) is 17.3 Å². The van der Waals surface area contributed by atoms with Gasteiger partial charge < -0.3 is 10.3 Å². The summed E-state index contributed by atoms with van der Waals surface area (Å²) in [5, 5.41) is 0. The molecule has 2 atom stereocenters. The van der Waals surface area contributed by atoms with Gasteiger partial charge in [-0.25, -0.2) is 0 Å². The number of hydrogen-bond donors (Lipinski definition) is 1. The van der Waals surface area contributed by atoms with E-state index in [0.29, 0.717) is 5.56 Å². The zero-order valence-corrected chi connectivity index (χ0v) is 13.3. The van der Waals surface area contributed by atoms with E-state index >= 15 is 0 Å². The van der Waals surface area contributed by atoms with Crippen LogP contribution in [0.5, 0.6) is 0 Å². The first kappa shape index (κ1) is 15.5. The van der Waals surface area contributed by atoms with Gasteiger partial charge in [-0.3, -0.25) is 4.79 Å². The lowest BCUT2D eigenvalue weighted by atomic mass is 9.96. The van der Waals surface area contributed by atoms with Gasteiger partial charge in [-0.15, -0.1) is 0 Å². The summed E-state index contributed by atoms with van der Waals surface area (Å²) in [7, 11) is 0. The van der Waals surface area contributed by atoms with Crippen molar-refractivity contribution < 1.29 is 0 Å². The molecule has 0 amide bonds. The standard InChI is InChI=1S/C18H24N2O/c1-5-13(3)20-14(4)11-12(2)16(18(20)21)17(19)15-9-7-6-8-10-15/h6-11,13,17H,5,19H2,1-4H3. The first-order chi connectivity index (χ1) is 9.97. The molecule has 3 heteroatoms. The molecule has 0 aliphatic heterocycles. The highest BCUT2D eigenvalue weighted by molar-refractivity contribution is 5.36. The lowest BCUT2D eigenvalue weighted by Gasteiger charge is -2.22. The number of aryl methyl sites for hydroxylation is 2. The second kappa shape index (κ2) is 6.27. The molecule has 0 radical (unpaired) electrons. The van der Waals surface area contributed by atoms with E-state index in [0.717, 1.165) is 23.2 Å². The fourth-order valence-corrected chi connectivity index (χ4v) is 2.85. The number of nitrogens with two attached hydrogens (primary N) is 1. The van der Waals surface area contributed by atoms with Gasteiger partial charge in [-0.2, -0.15) is 0 Å². The fourth-order valence-electron chi connectivity index (χ4n) is 2.85. The van der Waals surface area contributed by atoms with Crippen LogP contribution in [-0.2, 0) is 0 Å². The average molecular weight is 284 g/mol. The lowest BCUT2D eigenvalue weighted by Crippen LogP contribution is -2.32. The minimum atomic E-state index is -0.380. The van der Waals surface area contributed by atoms with Crippen LogP contribution in [0.4, 0.5) is 0 Å². The van der Waals surface area contributed by atoms with Crippen LogP contribution in [0.1, 0.15) is 54.7 Å². The molecule has 0 aliphatic rings. The molecule has 0 aliphatic carbocycles. The van der Waals surface area contributed by atoms with Crippen molar-refractivity contribution in [2.45, 2.75) is 46.2 Å². The number of aromatic nitrogens is 1. The Morgan fingerprint density at radius 1 is 1.19 bits per heavy atom. The molecule has 1 heterocycles. The normalized spacial score (nSPS) is 14.0. The Hall–Kier alpha value is -1.87. The summed E-state index contributed by atoms with van der Waals surface area (Å²) in [6.07, 6.45) is 0.920. The zero-order valence-electron chi connectivity index (χ0n) is 13.3. The molecule has 2 N–H and O–H groups in total. The fraction of sp³-hybridized carbons (Fsp3) is 0.389. The first-order valence-electron chi connectivity index (χ1n) is 7.50. The Morgan fingerprint density at radius 3 is 2.38 bits per heavy atom. The molecule has 2 rings (SSSR count). The lowest BCUT2D eigenvalue weighted by molar-refractivity contribution is 0.496. The van der Waals surface area contributed by atoms with E-state index in [1.165, 1.54) is 0 Å². The number of rotatable bonds is 4. The van der Waals surface area contributed by atoms with Gasteiger partial charge in [0.15, 0.2) is 0 Å². The van der Waals surface area contributed by atoms with Gasteiger partial charge in [-0.05, 0) is 44.4 Å². The maximum Gasteiger partial charge on any atom is 0.256 e. The van der Waals surface area contributed by atoms with Gasteiger partial charge in [0.2, 0.25) is 0 Å². The Labute approximate surface area is 126 Å². The minimum Gasteiger partial charge on any atom is -0.320 e. The van der Waals surface area contributed by atoms with Crippen molar-refractivity contribution in [3.63, 3.8) is 0 Å². The molecule has 0 saturated heterocycles. The minimum absolute atomic E-state index is 0.0400. The van der Waals surface area contributed by atoms with E-state index in [-0.39, 0.29) is 17.6 Å². The van der Waals surface area contributed by atoms with Gasteiger partial charge in [-0.1, -0.05) is 37.3 Å². The predicted molar refractivity (Wildman–Crippen MR) is 87.7 cm³/mol. The molecule has 2 unspecified atom stereocenters. The smallest absolute Gasteiger partial charge is 0.256 e. The number of pyridine rings is 1. The van der Waals surface area contributed by atoms with Crippen molar-refractivity contribution in [1.82, 2.24) is 4.57 Å². The van der Waals surface area contributed by atoms with Crippen LogP contribution in [0.2, 0.25) is 0 Å². The third kappa shape index (κ3) is 2.93. The summed E-state index contributed by atoms with van der Waals surface area (Å²) in [6.45, 7) is 8.11. The van der Waals surface area contributed by atoms with E-state index in [9.17, 15) is 4.79 Å². The molecule has 1 aromatic heterocycles. The van der Waals surface area contributed by atoms with E-state index < -0.39 is 0 Å². The molecular weight excluding hydrogens is 260 g/mol. The summed E-state index contributed by atoms with van der Waals surface area (Å²) in [5.41, 5.74) is 10.0. The summed E-state index contributed by atoms with van der Waals surface area (Å²) in [4.78, 5) is 12.9. The highest BCUT2D eigenvalue weighted by atomic mass is 16.1. The monoisotopic (exact) mass is 284 g/mol. The van der Waals surface area contributed by atoms with Crippen LogP contribution in [0.25, 0.3) is 0 Å². The van der Waals surface area contributed by atoms with Crippen LogP contribution < -0.4 is 11.3 Å². The van der Waals surface area contributed by atoms with E-state index in [2.05, 4.69) is 19.9 Å². The molecule has 0 bridgehead atoms. The van der Waals surface area contributed by atoms with Gasteiger partial charge in [0.05, 0.1) is 6.04 Å². The topological polar surface area (TPSA) is 48.0 Å². The number of nitrogens with zero attached hydrogens (tertiary/aromatic N) is 1. The third-order valence-electron chi connectivity index (χ3n) is 4.18. The van der Waals surface area contributed by atoms with Crippen LogP contribution in [0, 0.1) is 13.8 Å². The first-order valence-corrected chi connectivity index (χ1v) is 7.50. The second-order valence-corrected chi connectivity index (χ2v) is 5.70. The Kier molecular flexibility index (Phi) is 4.63. The SMILES string of the molecule is CCC(C)n1c(C)cc(C)c(C(N)c2ccccc2)c1=O. The molecule has 1 aromatic carbocycles. The van der Waals surface area contributed by atoms with Gasteiger partial charge in [0.25, 0.3) is 5.56 Å². The molecule has 112 valence electrons. The number of benzene rings is 1. The maximum atomic E-state index is 12.9. The van der Waals surface area contributed by atoms with Crippen molar-refractivity contribution in [1.29, 1.82) is 0 Å². The molecular formula is C18H24N2O. The zero-order chi connectivity index (χ0) is 15.6. The van der Waals surface area contributed by atoms with Crippen LogP contribution in [0.3, 0.4) is 0 Å². The maximum absolute atomic E-state index is 12.9. The molecule has 21 heavy (non-hydrogen) atoms. The predicted octanol–water partition coefficient (Wildman–Crippen LogP) is 3.48. The summed E-state index contributed by atoms with van der Waals surface area (Å²) < 4.78 is 1.87. The summed E-state index contributed by atoms with van der Waals surface area (Å²) in [5.74, 6) is 0. The van der Waals surface area contributed by atoms with Crippen LogP contribution in [0.15, 0.2) is 41.2 Å². The molecule has 0 saturated carbocycles. The highest BCUT2D eigenvalue weighted by Gasteiger charge is 2.19. The Balaban J connectivity index is 2.62. The molecule has 3 nitrogen and oxygen atoms in total. The van der Waals surface area contributed by atoms with Crippen molar-refractivity contribution in [3.8, 4) is 0 Å². The van der Waals surface area contributed by atoms with E-state index in [1.807, 2.05) is 48.7 Å². The number of hydrogen-bond acceptors (Lipinski definition) is 2.